The molecule has 1 aliphatic carbocycles. The van der Waals surface area contributed by atoms with Gasteiger partial charge >= 0.3 is 0 Å². The number of hydrogen-bond donors (Lipinski definition) is 2. The first-order valence-electron chi connectivity index (χ1n) is 6.76. The van der Waals surface area contributed by atoms with E-state index in [1.54, 1.807) is 12.4 Å². The van der Waals surface area contributed by atoms with Crippen LogP contribution >= 0.6 is 0 Å². The predicted molar refractivity (Wildman–Crippen MR) is 72.8 cm³/mol. The predicted octanol–water partition coefficient (Wildman–Crippen LogP) is 2.14. The lowest BCUT2D eigenvalue weighted by Crippen LogP contribution is -2.09. The van der Waals surface area contributed by atoms with E-state index >= 15 is 0 Å². The van der Waals surface area contributed by atoms with Crippen molar-refractivity contribution < 1.29 is 4.74 Å². The summed E-state index contributed by atoms with van der Waals surface area (Å²) in [6.45, 7) is 5.53. The number of nitrogens with zero attached hydrogens (tertiary/aromatic N) is 2. The lowest BCUT2D eigenvalue weighted by Gasteiger charge is -2.07. The monoisotopic (exact) mass is 250 g/mol. The Bertz CT molecular complexity index is 355. The molecule has 1 fully saturated rings. The van der Waals surface area contributed by atoms with Gasteiger partial charge in [0.2, 0.25) is 0 Å². The fourth-order valence-electron chi connectivity index (χ4n) is 1.64. The highest BCUT2D eigenvalue weighted by molar-refractivity contribution is 5.41. The van der Waals surface area contributed by atoms with E-state index in [1.165, 1.54) is 12.8 Å². The van der Waals surface area contributed by atoms with Gasteiger partial charge in [-0.15, -0.1) is 0 Å². The van der Waals surface area contributed by atoms with Crippen LogP contribution in [0.2, 0.25) is 0 Å². The fourth-order valence-corrected chi connectivity index (χ4v) is 1.64. The largest absolute Gasteiger partial charge is 0.381 e. The van der Waals surface area contributed by atoms with E-state index in [-0.39, 0.29) is 0 Å². The lowest BCUT2D eigenvalue weighted by atomic mass is 10.4. The Morgan fingerprint density at radius 3 is 2.78 bits per heavy atom. The SMILES string of the molecule is CCNc1cncc(NCCCOCC2CC2)n1. The number of ether oxygens (including phenoxy) is 1. The molecule has 1 heterocycles. The van der Waals surface area contributed by atoms with E-state index in [1.807, 2.05) is 6.92 Å². The van der Waals surface area contributed by atoms with Gasteiger partial charge in [-0.2, -0.15) is 0 Å². The molecule has 100 valence electrons. The number of anilines is 2. The molecule has 0 bridgehead atoms. The molecule has 0 atom stereocenters. The fraction of sp³-hybridized carbons (Fsp3) is 0.692. The Morgan fingerprint density at radius 1 is 1.28 bits per heavy atom. The second kappa shape index (κ2) is 7.16. The minimum atomic E-state index is 0.812. The van der Waals surface area contributed by atoms with E-state index in [0.717, 1.165) is 50.3 Å². The molecule has 1 saturated carbocycles. The van der Waals surface area contributed by atoms with Gasteiger partial charge < -0.3 is 15.4 Å². The summed E-state index contributed by atoms with van der Waals surface area (Å²) in [7, 11) is 0. The zero-order valence-electron chi connectivity index (χ0n) is 11.0. The number of rotatable bonds is 9. The number of aromatic nitrogens is 2. The smallest absolute Gasteiger partial charge is 0.146 e. The van der Waals surface area contributed by atoms with Crippen molar-refractivity contribution in [3.8, 4) is 0 Å². The van der Waals surface area contributed by atoms with Gasteiger partial charge in [0, 0.05) is 26.3 Å². The second-order valence-electron chi connectivity index (χ2n) is 4.62. The average molecular weight is 250 g/mol. The van der Waals surface area contributed by atoms with E-state index in [4.69, 9.17) is 4.74 Å². The zero-order valence-corrected chi connectivity index (χ0v) is 11.0. The average Bonchev–Trinajstić information content (AvgIpc) is 3.19. The van der Waals surface area contributed by atoms with Gasteiger partial charge in [0.25, 0.3) is 0 Å². The summed E-state index contributed by atoms with van der Waals surface area (Å²) >= 11 is 0. The normalized spacial score (nSPS) is 14.5. The van der Waals surface area contributed by atoms with Crippen LogP contribution in [0.1, 0.15) is 26.2 Å². The van der Waals surface area contributed by atoms with Gasteiger partial charge in [0.1, 0.15) is 11.6 Å². The summed E-state index contributed by atoms with van der Waals surface area (Å²) in [6, 6.07) is 0. The third-order valence-corrected chi connectivity index (χ3v) is 2.81. The van der Waals surface area contributed by atoms with Crippen LogP contribution in [0.4, 0.5) is 11.6 Å². The summed E-state index contributed by atoms with van der Waals surface area (Å²) < 4.78 is 5.57. The van der Waals surface area contributed by atoms with Gasteiger partial charge in [0.05, 0.1) is 12.4 Å². The lowest BCUT2D eigenvalue weighted by molar-refractivity contribution is 0.124. The summed E-state index contributed by atoms with van der Waals surface area (Å²) in [5.74, 6) is 2.48. The van der Waals surface area contributed by atoms with Crippen molar-refractivity contribution >= 4 is 11.6 Å². The van der Waals surface area contributed by atoms with Crippen molar-refractivity contribution in [2.45, 2.75) is 26.2 Å². The zero-order chi connectivity index (χ0) is 12.6. The molecular formula is C13H22N4O. The molecule has 18 heavy (non-hydrogen) atoms. The van der Waals surface area contributed by atoms with Crippen LogP contribution in [0, 0.1) is 5.92 Å². The Hall–Kier alpha value is -1.36. The number of hydrogen-bond acceptors (Lipinski definition) is 5. The van der Waals surface area contributed by atoms with Crippen LogP contribution in [0.15, 0.2) is 12.4 Å². The topological polar surface area (TPSA) is 59.1 Å². The van der Waals surface area contributed by atoms with Crippen molar-refractivity contribution in [3.63, 3.8) is 0 Å². The van der Waals surface area contributed by atoms with Crippen molar-refractivity contribution in [2.24, 2.45) is 5.92 Å². The van der Waals surface area contributed by atoms with Crippen molar-refractivity contribution in [1.29, 1.82) is 0 Å². The van der Waals surface area contributed by atoms with E-state index < -0.39 is 0 Å². The maximum Gasteiger partial charge on any atom is 0.146 e. The molecule has 0 saturated heterocycles. The van der Waals surface area contributed by atoms with Gasteiger partial charge in [-0.25, -0.2) is 4.98 Å². The van der Waals surface area contributed by atoms with Crippen LogP contribution in [-0.4, -0.2) is 36.3 Å². The van der Waals surface area contributed by atoms with Gasteiger partial charge in [-0.05, 0) is 32.1 Å². The van der Waals surface area contributed by atoms with Gasteiger partial charge in [0.15, 0.2) is 0 Å². The quantitative estimate of drug-likeness (QED) is 0.658. The molecule has 0 unspecified atom stereocenters. The Labute approximate surface area is 108 Å². The molecule has 1 aromatic rings. The molecular weight excluding hydrogens is 228 g/mol. The highest BCUT2D eigenvalue weighted by Crippen LogP contribution is 2.28. The highest BCUT2D eigenvalue weighted by Gasteiger charge is 2.20. The molecule has 0 amide bonds. The van der Waals surface area contributed by atoms with Crippen molar-refractivity contribution in [1.82, 2.24) is 9.97 Å². The molecule has 2 rings (SSSR count). The standard InChI is InChI=1S/C13H22N4O/c1-2-15-12-8-14-9-13(17-12)16-6-3-7-18-10-11-4-5-11/h8-9,11H,2-7,10H2,1H3,(H2,15,16,17). The highest BCUT2D eigenvalue weighted by atomic mass is 16.5. The van der Waals surface area contributed by atoms with Gasteiger partial charge in [-0.1, -0.05) is 0 Å². The van der Waals surface area contributed by atoms with Crippen molar-refractivity contribution in [3.05, 3.63) is 12.4 Å². The maximum absolute atomic E-state index is 5.57. The molecule has 1 aromatic heterocycles. The minimum absolute atomic E-state index is 0.812. The van der Waals surface area contributed by atoms with Gasteiger partial charge in [-0.3, -0.25) is 4.98 Å². The van der Waals surface area contributed by atoms with Crippen LogP contribution < -0.4 is 10.6 Å². The van der Waals surface area contributed by atoms with Crippen LogP contribution in [0.25, 0.3) is 0 Å². The molecule has 5 heteroatoms. The first kappa shape index (κ1) is 13.1. The summed E-state index contributed by atoms with van der Waals surface area (Å²) in [5, 5.41) is 6.39. The molecule has 0 aliphatic heterocycles. The molecule has 0 spiro atoms. The Kier molecular flexibility index (Phi) is 5.20. The van der Waals surface area contributed by atoms with Crippen LogP contribution in [-0.2, 0) is 4.74 Å². The molecule has 1 aliphatic rings. The summed E-state index contributed by atoms with van der Waals surface area (Å²) in [6.07, 6.45) is 7.18. The van der Waals surface area contributed by atoms with Crippen LogP contribution in [0.5, 0.6) is 0 Å². The molecule has 2 N–H and O–H groups in total. The third kappa shape index (κ3) is 4.87. The third-order valence-electron chi connectivity index (χ3n) is 2.81. The van der Waals surface area contributed by atoms with E-state index in [0.29, 0.717) is 0 Å². The maximum atomic E-state index is 5.57. The van der Waals surface area contributed by atoms with E-state index in [9.17, 15) is 0 Å². The molecule has 0 aromatic carbocycles. The summed E-state index contributed by atoms with van der Waals surface area (Å²) in [4.78, 5) is 8.52. The second-order valence-corrected chi connectivity index (χ2v) is 4.62. The van der Waals surface area contributed by atoms with Crippen LogP contribution in [0.3, 0.4) is 0 Å². The Balaban J connectivity index is 1.58. The molecule has 0 radical (unpaired) electrons. The first-order chi connectivity index (χ1) is 8.88. The first-order valence-corrected chi connectivity index (χ1v) is 6.76. The minimum Gasteiger partial charge on any atom is -0.381 e. The Morgan fingerprint density at radius 2 is 2.06 bits per heavy atom. The molecule has 5 nitrogen and oxygen atoms in total. The summed E-state index contributed by atoms with van der Waals surface area (Å²) in [5.41, 5.74) is 0. The van der Waals surface area contributed by atoms with E-state index in [2.05, 4.69) is 20.6 Å². The number of nitrogens with one attached hydrogen (secondary N) is 2. The van der Waals surface area contributed by atoms with Crippen molar-refractivity contribution in [2.75, 3.05) is 36.9 Å².